The van der Waals surface area contributed by atoms with Crippen LogP contribution in [0.2, 0.25) is 0 Å². The maximum Gasteiger partial charge on any atom is 0.123 e. The Morgan fingerprint density at radius 2 is 1.94 bits per heavy atom. The van der Waals surface area contributed by atoms with Gasteiger partial charge in [0.15, 0.2) is 0 Å². The maximum atomic E-state index is 12.8. The minimum absolute atomic E-state index is 0.139. The minimum atomic E-state index is -0.139. The second kappa shape index (κ2) is 4.96. The van der Waals surface area contributed by atoms with Crippen molar-refractivity contribution in [2.75, 3.05) is 13.1 Å². The van der Waals surface area contributed by atoms with Crippen molar-refractivity contribution in [2.45, 2.75) is 38.6 Å². The third-order valence-electron chi connectivity index (χ3n) is 3.52. The molecule has 1 fully saturated rings. The standard InChI is InChI=1S/C14H20FN/c1-11(2)16-9-3-4-13(10-16)12-5-7-14(15)8-6-12/h5-8,11,13H,3-4,9-10H2,1-2H3/t13-/m0/s1. The van der Waals surface area contributed by atoms with Gasteiger partial charge in [-0.2, -0.15) is 0 Å². The highest BCUT2D eigenvalue weighted by Gasteiger charge is 2.22. The molecule has 1 nitrogen and oxygen atoms in total. The van der Waals surface area contributed by atoms with Gasteiger partial charge in [0.2, 0.25) is 0 Å². The summed E-state index contributed by atoms with van der Waals surface area (Å²) in [6.07, 6.45) is 2.48. The Morgan fingerprint density at radius 3 is 2.56 bits per heavy atom. The number of rotatable bonds is 2. The van der Waals surface area contributed by atoms with Crippen LogP contribution in [0.4, 0.5) is 4.39 Å². The summed E-state index contributed by atoms with van der Waals surface area (Å²) in [6, 6.07) is 7.63. The summed E-state index contributed by atoms with van der Waals surface area (Å²) in [5, 5.41) is 0. The van der Waals surface area contributed by atoms with Crippen LogP contribution in [-0.2, 0) is 0 Å². The van der Waals surface area contributed by atoms with Gasteiger partial charge in [0.05, 0.1) is 0 Å². The predicted octanol–water partition coefficient (Wildman–Crippen LogP) is 3.41. The quantitative estimate of drug-likeness (QED) is 0.739. The molecule has 2 heteroatoms. The summed E-state index contributed by atoms with van der Waals surface area (Å²) in [5.74, 6) is 0.442. The number of nitrogens with zero attached hydrogens (tertiary/aromatic N) is 1. The van der Waals surface area contributed by atoms with Gasteiger partial charge in [-0.3, -0.25) is 0 Å². The van der Waals surface area contributed by atoms with E-state index in [9.17, 15) is 4.39 Å². The van der Waals surface area contributed by atoms with Crippen molar-refractivity contribution >= 4 is 0 Å². The van der Waals surface area contributed by atoms with Crippen molar-refractivity contribution in [1.82, 2.24) is 4.90 Å². The third-order valence-corrected chi connectivity index (χ3v) is 3.52. The van der Waals surface area contributed by atoms with Gasteiger partial charge < -0.3 is 4.90 Å². The van der Waals surface area contributed by atoms with Crippen molar-refractivity contribution in [3.63, 3.8) is 0 Å². The zero-order valence-electron chi connectivity index (χ0n) is 10.1. The molecular formula is C14H20FN. The van der Waals surface area contributed by atoms with Crippen molar-refractivity contribution in [3.05, 3.63) is 35.6 Å². The summed E-state index contributed by atoms with van der Waals surface area (Å²) in [7, 11) is 0. The summed E-state index contributed by atoms with van der Waals surface area (Å²) < 4.78 is 12.8. The Hall–Kier alpha value is -0.890. The molecule has 0 unspecified atom stereocenters. The molecule has 2 rings (SSSR count). The summed E-state index contributed by atoms with van der Waals surface area (Å²) >= 11 is 0. The van der Waals surface area contributed by atoms with Crippen LogP contribution < -0.4 is 0 Å². The number of halogens is 1. The van der Waals surface area contributed by atoms with Gasteiger partial charge in [-0.15, -0.1) is 0 Å². The molecule has 16 heavy (non-hydrogen) atoms. The van der Waals surface area contributed by atoms with E-state index < -0.39 is 0 Å². The molecule has 1 aromatic rings. The second-order valence-corrected chi connectivity index (χ2v) is 4.98. The highest BCUT2D eigenvalue weighted by atomic mass is 19.1. The number of hydrogen-bond donors (Lipinski definition) is 0. The first-order valence-electron chi connectivity index (χ1n) is 6.16. The lowest BCUT2D eigenvalue weighted by molar-refractivity contribution is 0.167. The normalized spacial score (nSPS) is 22.6. The number of hydrogen-bond acceptors (Lipinski definition) is 1. The molecule has 0 N–H and O–H groups in total. The molecule has 0 aromatic heterocycles. The molecule has 1 heterocycles. The van der Waals surface area contributed by atoms with Gasteiger partial charge in [-0.1, -0.05) is 12.1 Å². The fourth-order valence-electron chi connectivity index (χ4n) is 2.48. The molecule has 1 aliphatic heterocycles. The van der Waals surface area contributed by atoms with Crippen LogP contribution in [0.3, 0.4) is 0 Å². The summed E-state index contributed by atoms with van der Waals surface area (Å²) in [4.78, 5) is 2.51. The van der Waals surface area contributed by atoms with Gasteiger partial charge in [0.25, 0.3) is 0 Å². The van der Waals surface area contributed by atoms with Crippen LogP contribution in [0.15, 0.2) is 24.3 Å². The van der Waals surface area contributed by atoms with E-state index >= 15 is 0 Å². The van der Waals surface area contributed by atoms with Crippen LogP contribution in [0, 0.1) is 5.82 Å². The molecule has 88 valence electrons. The Morgan fingerprint density at radius 1 is 1.25 bits per heavy atom. The van der Waals surface area contributed by atoms with Gasteiger partial charge in [0.1, 0.15) is 5.82 Å². The lowest BCUT2D eigenvalue weighted by Crippen LogP contribution is -2.39. The van der Waals surface area contributed by atoms with E-state index in [0.717, 1.165) is 6.54 Å². The minimum Gasteiger partial charge on any atom is -0.300 e. The molecule has 0 aliphatic carbocycles. The van der Waals surface area contributed by atoms with Gasteiger partial charge in [0, 0.05) is 12.6 Å². The number of likely N-dealkylation sites (tertiary alicyclic amines) is 1. The SMILES string of the molecule is CC(C)N1CCC[C@H](c2ccc(F)cc2)C1. The molecule has 1 atom stereocenters. The zero-order valence-corrected chi connectivity index (χ0v) is 10.1. The smallest absolute Gasteiger partial charge is 0.123 e. The molecule has 0 radical (unpaired) electrons. The monoisotopic (exact) mass is 221 g/mol. The average molecular weight is 221 g/mol. The fourth-order valence-corrected chi connectivity index (χ4v) is 2.48. The Bertz CT molecular complexity index is 331. The highest BCUT2D eigenvalue weighted by Crippen LogP contribution is 2.27. The molecular weight excluding hydrogens is 201 g/mol. The Labute approximate surface area is 97.3 Å². The van der Waals surface area contributed by atoms with Crippen LogP contribution in [0.1, 0.15) is 38.2 Å². The van der Waals surface area contributed by atoms with Crippen molar-refractivity contribution in [2.24, 2.45) is 0 Å². The van der Waals surface area contributed by atoms with E-state index in [-0.39, 0.29) is 5.82 Å². The lowest BCUT2D eigenvalue weighted by Gasteiger charge is -2.35. The van der Waals surface area contributed by atoms with Crippen LogP contribution in [0.5, 0.6) is 0 Å². The van der Waals surface area contributed by atoms with E-state index in [2.05, 4.69) is 18.7 Å². The average Bonchev–Trinajstić information content (AvgIpc) is 2.30. The Balaban J connectivity index is 2.06. The summed E-state index contributed by atoms with van der Waals surface area (Å²) in [6.45, 7) is 6.80. The fraction of sp³-hybridized carbons (Fsp3) is 0.571. The predicted molar refractivity (Wildman–Crippen MR) is 65.1 cm³/mol. The van der Waals surface area contributed by atoms with E-state index in [1.807, 2.05) is 12.1 Å². The molecule has 0 amide bonds. The zero-order chi connectivity index (χ0) is 11.5. The molecule has 1 aliphatic rings. The topological polar surface area (TPSA) is 3.24 Å². The summed E-state index contributed by atoms with van der Waals surface area (Å²) in [5.41, 5.74) is 1.28. The molecule has 0 saturated carbocycles. The maximum absolute atomic E-state index is 12.8. The molecule has 1 aromatic carbocycles. The van der Waals surface area contributed by atoms with Gasteiger partial charge in [-0.05, 0) is 56.8 Å². The second-order valence-electron chi connectivity index (χ2n) is 4.98. The first-order chi connectivity index (χ1) is 7.66. The van der Waals surface area contributed by atoms with E-state index in [1.54, 1.807) is 12.1 Å². The molecule has 1 saturated heterocycles. The van der Waals surface area contributed by atoms with Gasteiger partial charge >= 0.3 is 0 Å². The van der Waals surface area contributed by atoms with Crippen LogP contribution in [-0.4, -0.2) is 24.0 Å². The largest absolute Gasteiger partial charge is 0.300 e. The number of benzene rings is 1. The van der Waals surface area contributed by atoms with E-state index in [0.29, 0.717) is 12.0 Å². The van der Waals surface area contributed by atoms with Crippen molar-refractivity contribution < 1.29 is 4.39 Å². The Kier molecular flexibility index (Phi) is 3.59. The van der Waals surface area contributed by atoms with Crippen molar-refractivity contribution in [3.8, 4) is 0 Å². The molecule has 0 spiro atoms. The van der Waals surface area contributed by atoms with Crippen LogP contribution >= 0.6 is 0 Å². The highest BCUT2D eigenvalue weighted by molar-refractivity contribution is 5.21. The van der Waals surface area contributed by atoms with E-state index in [1.165, 1.54) is 24.9 Å². The van der Waals surface area contributed by atoms with Gasteiger partial charge in [-0.25, -0.2) is 4.39 Å². The number of piperidine rings is 1. The first kappa shape index (κ1) is 11.6. The molecule has 0 bridgehead atoms. The van der Waals surface area contributed by atoms with E-state index in [4.69, 9.17) is 0 Å². The lowest BCUT2D eigenvalue weighted by atomic mass is 9.90. The van der Waals surface area contributed by atoms with Crippen LogP contribution in [0.25, 0.3) is 0 Å². The van der Waals surface area contributed by atoms with Crippen molar-refractivity contribution in [1.29, 1.82) is 0 Å². The first-order valence-corrected chi connectivity index (χ1v) is 6.16. The third kappa shape index (κ3) is 2.62.